The van der Waals surface area contributed by atoms with Crippen LogP contribution >= 0.6 is 12.4 Å². The van der Waals surface area contributed by atoms with Gasteiger partial charge in [-0.3, -0.25) is 4.79 Å². The predicted octanol–water partition coefficient (Wildman–Crippen LogP) is 1.60. The lowest BCUT2D eigenvalue weighted by atomic mass is 9.87. The molecule has 1 saturated carbocycles. The SMILES string of the molecule is CN(CCC1CCCCC1)C(=O)C(N)CCS(C)(=O)=O.Cl. The van der Waals surface area contributed by atoms with Crippen LogP contribution in [0.3, 0.4) is 0 Å². The van der Waals surface area contributed by atoms with Gasteiger partial charge in [0.2, 0.25) is 5.91 Å². The summed E-state index contributed by atoms with van der Waals surface area (Å²) in [5.74, 6) is 0.548. The first-order valence-corrected chi connectivity index (χ1v) is 9.54. The smallest absolute Gasteiger partial charge is 0.239 e. The number of halogens is 1. The van der Waals surface area contributed by atoms with Crippen LogP contribution in [0.15, 0.2) is 0 Å². The highest BCUT2D eigenvalue weighted by atomic mass is 35.5. The van der Waals surface area contributed by atoms with Crippen molar-refractivity contribution in [2.45, 2.75) is 51.0 Å². The molecule has 0 bridgehead atoms. The van der Waals surface area contributed by atoms with Crippen molar-refractivity contribution in [2.75, 3.05) is 25.6 Å². The number of likely N-dealkylation sites (N-methyl/N-ethyl adjacent to an activating group) is 1. The zero-order valence-electron chi connectivity index (χ0n) is 13.1. The van der Waals surface area contributed by atoms with E-state index in [4.69, 9.17) is 5.73 Å². The third-order valence-corrected chi connectivity index (χ3v) is 5.07. The van der Waals surface area contributed by atoms with Crippen molar-refractivity contribution in [2.24, 2.45) is 11.7 Å². The summed E-state index contributed by atoms with van der Waals surface area (Å²) < 4.78 is 22.2. The van der Waals surface area contributed by atoms with E-state index in [-0.39, 0.29) is 30.5 Å². The van der Waals surface area contributed by atoms with Crippen molar-refractivity contribution in [3.8, 4) is 0 Å². The molecule has 1 aliphatic rings. The van der Waals surface area contributed by atoms with Crippen LogP contribution < -0.4 is 5.73 Å². The van der Waals surface area contributed by atoms with E-state index < -0.39 is 15.9 Å². The summed E-state index contributed by atoms with van der Waals surface area (Å²) >= 11 is 0. The Morgan fingerprint density at radius 3 is 2.38 bits per heavy atom. The van der Waals surface area contributed by atoms with E-state index in [0.29, 0.717) is 0 Å². The average Bonchev–Trinajstić information content (AvgIpc) is 2.41. The number of hydrogen-bond donors (Lipinski definition) is 1. The summed E-state index contributed by atoms with van der Waals surface area (Å²) in [4.78, 5) is 13.7. The number of amides is 1. The largest absolute Gasteiger partial charge is 0.344 e. The number of hydrogen-bond acceptors (Lipinski definition) is 4. The summed E-state index contributed by atoms with van der Waals surface area (Å²) in [6.07, 6.45) is 8.86. The molecule has 2 N–H and O–H groups in total. The van der Waals surface area contributed by atoms with Crippen molar-refractivity contribution >= 4 is 28.2 Å². The number of carbonyl (C=O) groups is 1. The Balaban J connectivity index is 0.00000400. The molecule has 0 aromatic carbocycles. The normalized spacial score (nSPS) is 17.9. The van der Waals surface area contributed by atoms with Crippen LogP contribution in [-0.4, -0.2) is 50.9 Å². The molecule has 0 saturated heterocycles. The minimum atomic E-state index is -3.06. The molecule has 0 aromatic rings. The van der Waals surface area contributed by atoms with Gasteiger partial charge in [0.05, 0.1) is 11.8 Å². The highest BCUT2D eigenvalue weighted by Gasteiger charge is 2.21. The van der Waals surface area contributed by atoms with Gasteiger partial charge in [-0.2, -0.15) is 0 Å². The summed E-state index contributed by atoms with van der Waals surface area (Å²) in [5, 5.41) is 0. The van der Waals surface area contributed by atoms with Gasteiger partial charge in [0.15, 0.2) is 0 Å². The van der Waals surface area contributed by atoms with Crippen LogP contribution in [0.5, 0.6) is 0 Å². The Labute approximate surface area is 135 Å². The van der Waals surface area contributed by atoms with Crippen LogP contribution in [0.4, 0.5) is 0 Å². The quantitative estimate of drug-likeness (QED) is 0.763. The van der Waals surface area contributed by atoms with Gasteiger partial charge in [-0.15, -0.1) is 12.4 Å². The Morgan fingerprint density at radius 1 is 1.29 bits per heavy atom. The van der Waals surface area contributed by atoms with Crippen LogP contribution in [0, 0.1) is 5.92 Å². The maximum atomic E-state index is 12.0. The maximum absolute atomic E-state index is 12.0. The van der Waals surface area contributed by atoms with Gasteiger partial charge in [0, 0.05) is 19.8 Å². The fraction of sp³-hybridized carbons (Fsp3) is 0.929. The molecule has 1 amide bonds. The third-order valence-electron chi connectivity index (χ3n) is 4.09. The molecule has 7 heteroatoms. The van der Waals surface area contributed by atoms with Crippen LogP contribution in [0.25, 0.3) is 0 Å². The Bertz CT molecular complexity index is 408. The zero-order valence-corrected chi connectivity index (χ0v) is 14.7. The molecule has 21 heavy (non-hydrogen) atoms. The van der Waals surface area contributed by atoms with Crippen LogP contribution in [0.2, 0.25) is 0 Å². The van der Waals surface area contributed by atoms with Gasteiger partial charge in [-0.1, -0.05) is 32.1 Å². The van der Waals surface area contributed by atoms with E-state index in [1.807, 2.05) is 0 Å². The molecule has 1 rings (SSSR count). The van der Waals surface area contributed by atoms with Gasteiger partial charge in [0.1, 0.15) is 9.84 Å². The molecule has 0 aliphatic heterocycles. The zero-order chi connectivity index (χ0) is 15.2. The molecule has 0 aromatic heterocycles. The molecule has 1 aliphatic carbocycles. The highest BCUT2D eigenvalue weighted by Crippen LogP contribution is 2.26. The molecule has 5 nitrogen and oxygen atoms in total. The first-order chi connectivity index (χ1) is 9.29. The lowest BCUT2D eigenvalue weighted by Gasteiger charge is -2.26. The van der Waals surface area contributed by atoms with E-state index in [2.05, 4.69) is 0 Å². The average molecular weight is 341 g/mol. The summed E-state index contributed by atoms with van der Waals surface area (Å²) in [6.45, 7) is 0.718. The van der Waals surface area contributed by atoms with Crippen LogP contribution in [-0.2, 0) is 14.6 Å². The molecular weight excluding hydrogens is 312 g/mol. The Kier molecular flexibility index (Phi) is 9.49. The number of sulfone groups is 1. The second-order valence-electron chi connectivity index (χ2n) is 6.08. The van der Waals surface area contributed by atoms with E-state index in [1.165, 1.54) is 32.1 Å². The number of nitrogens with zero attached hydrogens (tertiary/aromatic N) is 1. The fourth-order valence-corrected chi connectivity index (χ4v) is 3.39. The van der Waals surface area contributed by atoms with Crippen molar-refractivity contribution in [3.05, 3.63) is 0 Å². The highest BCUT2D eigenvalue weighted by molar-refractivity contribution is 7.90. The summed E-state index contributed by atoms with van der Waals surface area (Å²) in [5.41, 5.74) is 5.78. The first-order valence-electron chi connectivity index (χ1n) is 7.48. The van der Waals surface area contributed by atoms with Crippen molar-refractivity contribution in [1.29, 1.82) is 0 Å². The standard InChI is InChI=1S/C14H28N2O3S.ClH/c1-16(10-8-12-6-4-3-5-7-12)14(17)13(15)9-11-20(2,18)19;/h12-13H,3-11,15H2,1-2H3;1H. The van der Waals surface area contributed by atoms with E-state index in [9.17, 15) is 13.2 Å². The summed E-state index contributed by atoms with van der Waals surface area (Å²) in [6, 6.07) is -0.707. The van der Waals surface area contributed by atoms with E-state index in [0.717, 1.165) is 25.1 Å². The van der Waals surface area contributed by atoms with Crippen molar-refractivity contribution < 1.29 is 13.2 Å². The van der Waals surface area contributed by atoms with Crippen LogP contribution in [0.1, 0.15) is 44.9 Å². The topological polar surface area (TPSA) is 80.5 Å². The second kappa shape index (κ2) is 9.64. The number of carbonyl (C=O) groups excluding carboxylic acids is 1. The minimum Gasteiger partial charge on any atom is -0.344 e. The lowest BCUT2D eigenvalue weighted by molar-refractivity contribution is -0.131. The molecule has 0 spiro atoms. The van der Waals surface area contributed by atoms with Crippen molar-refractivity contribution in [3.63, 3.8) is 0 Å². The summed E-state index contributed by atoms with van der Waals surface area (Å²) in [7, 11) is -1.30. The third kappa shape index (κ3) is 8.63. The number of nitrogens with two attached hydrogens (primary N) is 1. The van der Waals surface area contributed by atoms with Gasteiger partial charge in [-0.05, 0) is 18.8 Å². The second-order valence-corrected chi connectivity index (χ2v) is 8.34. The van der Waals surface area contributed by atoms with E-state index >= 15 is 0 Å². The molecule has 126 valence electrons. The minimum absolute atomic E-state index is 0. The maximum Gasteiger partial charge on any atom is 0.239 e. The molecule has 0 radical (unpaired) electrons. The molecule has 1 atom stereocenters. The Hall–Kier alpha value is -0.330. The monoisotopic (exact) mass is 340 g/mol. The molecule has 1 unspecified atom stereocenters. The van der Waals surface area contributed by atoms with Crippen molar-refractivity contribution in [1.82, 2.24) is 4.90 Å². The molecule has 0 heterocycles. The van der Waals surface area contributed by atoms with Gasteiger partial charge >= 0.3 is 0 Å². The van der Waals surface area contributed by atoms with Gasteiger partial charge < -0.3 is 10.6 Å². The molecule has 1 fully saturated rings. The van der Waals surface area contributed by atoms with E-state index in [1.54, 1.807) is 11.9 Å². The fourth-order valence-electron chi connectivity index (χ4n) is 2.71. The first kappa shape index (κ1) is 20.7. The van der Waals surface area contributed by atoms with Gasteiger partial charge in [0.25, 0.3) is 0 Å². The number of rotatable bonds is 7. The Morgan fingerprint density at radius 2 is 1.86 bits per heavy atom. The lowest BCUT2D eigenvalue weighted by Crippen LogP contribution is -2.43. The predicted molar refractivity (Wildman–Crippen MR) is 88.4 cm³/mol. The van der Waals surface area contributed by atoms with Gasteiger partial charge in [-0.25, -0.2) is 8.42 Å². The molecular formula is C14H29ClN2O3S.